The van der Waals surface area contributed by atoms with Gasteiger partial charge in [-0.05, 0) is 19.3 Å². The highest BCUT2D eigenvalue weighted by Gasteiger charge is 2.27. The maximum Gasteiger partial charge on any atom is 0.316 e. The molecule has 0 bridgehead atoms. The first-order valence-corrected chi connectivity index (χ1v) is 8.77. The predicted octanol–water partition coefficient (Wildman–Crippen LogP) is 1.39. The molecule has 1 atom stereocenters. The van der Waals surface area contributed by atoms with E-state index in [-0.39, 0.29) is 12.0 Å². The van der Waals surface area contributed by atoms with Crippen LogP contribution in [0.15, 0.2) is 12.4 Å². The number of carbonyl (C=O) groups is 1. The van der Waals surface area contributed by atoms with Crippen LogP contribution >= 0.6 is 0 Å². The minimum atomic E-state index is 0.0286. The first-order valence-electron chi connectivity index (χ1n) is 8.77. The first kappa shape index (κ1) is 17.0. The van der Waals surface area contributed by atoms with E-state index in [2.05, 4.69) is 20.2 Å². The van der Waals surface area contributed by atoms with Crippen molar-refractivity contribution in [2.24, 2.45) is 0 Å². The lowest BCUT2D eigenvalue weighted by atomic mass is 9.95. The fraction of sp³-hybridized carbons (Fsp3) is 0.706. The van der Waals surface area contributed by atoms with E-state index < -0.39 is 0 Å². The Bertz CT molecular complexity index is 531. The molecular weight excluding hydrogens is 308 g/mol. The van der Waals surface area contributed by atoms with E-state index in [1.165, 1.54) is 19.3 Å². The molecule has 3 rings (SSSR count). The summed E-state index contributed by atoms with van der Waals surface area (Å²) in [6.07, 6.45) is 10.1. The molecule has 0 aromatic carbocycles. The zero-order valence-corrected chi connectivity index (χ0v) is 14.2. The molecule has 2 aliphatic rings. The molecule has 1 aromatic rings. The van der Waals surface area contributed by atoms with Gasteiger partial charge in [0.25, 0.3) is 0 Å². The van der Waals surface area contributed by atoms with E-state index in [1.54, 1.807) is 19.5 Å². The van der Waals surface area contributed by atoms with Crippen LogP contribution in [0.25, 0.3) is 0 Å². The van der Waals surface area contributed by atoms with Gasteiger partial charge in [0, 0.05) is 19.1 Å². The summed E-state index contributed by atoms with van der Waals surface area (Å²) in [6.45, 7) is 2.03. The molecule has 132 valence electrons. The number of nitrogens with one attached hydrogen (secondary N) is 1. The van der Waals surface area contributed by atoms with Gasteiger partial charge in [-0.1, -0.05) is 19.3 Å². The molecule has 1 saturated heterocycles. The molecule has 1 aliphatic carbocycles. The maximum atomic E-state index is 12.2. The molecule has 1 aromatic heterocycles. The average molecular weight is 334 g/mol. The number of hydrogen-bond acceptors (Lipinski definition) is 6. The Morgan fingerprint density at radius 2 is 2.00 bits per heavy atom. The van der Waals surface area contributed by atoms with Gasteiger partial charge in [-0.2, -0.15) is 9.97 Å². The zero-order valence-electron chi connectivity index (χ0n) is 14.2. The Kier molecular flexibility index (Phi) is 5.85. The van der Waals surface area contributed by atoms with Gasteiger partial charge in [0.1, 0.15) is 6.10 Å². The molecule has 7 nitrogen and oxygen atoms in total. The van der Waals surface area contributed by atoms with Crippen LogP contribution in [0.4, 0.5) is 0 Å². The van der Waals surface area contributed by atoms with Crippen molar-refractivity contribution in [3.05, 3.63) is 12.4 Å². The fourth-order valence-corrected chi connectivity index (χ4v) is 3.38. The number of aromatic nitrogens is 2. The van der Waals surface area contributed by atoms with E-state index in [4.69, 9.17) is 9.47 Å². The van der Waals surface area contributed by atoms with Crippen LogP contribution in [0.5, 0.6) is 11.8 Å². The number of methoxy groups -OCH3 is 1. The molecular formula is C17H26N4O3. The highest BCUT2D eigenvalue weighted by atomic mass is 16.5. The zero-order chi connectivity index (χ0) is 16.8. The second kappa shape index (κ2) is 8.28. The van der Waals surface area contributed by atoms with E-state index in [0.717, 1.165) is 32.4 Å². The van der Waals surface area contributed by atoms with Crippen molar-refractivity contribution in [2.75, 3.05) is 26.7 Å². The number of likely N-dealkylation sites (tertiary alicyclic amines) is 1. The highest BCUT2D eigenvalue weighted by molar-refractivity contribution is 5.78. The van der Waals surface area contributed by atoms with Crippen molar-refractivity contribution in [3.63, 3.8) is 0 Å². The highest BCUT2D eigenvalue weighted by Crippen LogP contribution is 2.18. The van der Waals surface area contributed by atoms with Crippen molar-refractivity contribution in [2.45, 2.75) is 50.7 Å². The molecule has 1 amide bonds. The summed E-state index contributed by atoms with van der Waals surface area (Å²) in [5.74, 6) is 0.734. The monoisotopic (exact) mass is 334 g/mol. The van der Waals surface area contributed by atoms with Crippen molar-refractivity contribution in [3.8, 4) is 11.8 Å². The van der Waals surface area contributed by atoms with Gasteiger partial charge in [0.15, 0.2) is 5.75 Å². The lowest BCUT2D eigenvalue weighted by molar-refractivity contribution is -0.123. The Morgan fingerprint density at radius 1 is 1.25 bits per heavy atom. The summed E-state index contributed by atoms with van der Waals surface area (Å²) in [6, 6.07) is 0.725. The Labute approximate surface area is 142 Å². The summed E-state index contributed by atoms with van der Waals surface area (Å²) in [5.41, 5.74) is 0. The van der Waals surface area contributed by atoms with Crippen molar-refractivity contribution in [1.82, 2.24) is 20.2 Å². The predicted molar refractivity (Wildman–Crippen MR) is 89.1 cm³/mol. The summed E-state index contributed by atoms with van der Waals surface area (Å²) in [5, 5.41) is 3.16. The van der Waals surface area contributed by atoms with Crippen LogP contribution < -0.4 is 14.8 Å². The lowest BCUT2D eigenvalue weighted by Gasteiger charge is -2.24. The smallest absolute Gasteiger partial charge is 0.316 e. The molecule has 1 saturated carbocycles. The normalized spacial score (nSPS) is 22.3. The number of carbonyl (C=O) groups excluding carboxylic acids is 1. The maximum absolute atomic E-state index is 12.2. The minimum Gasteiger partial charge on any atom is -0.494 e. The Hall–Kier alpha value is -1.89. The van der Waals surface area contributed by atoms with Gasteiger partial charge in [0.2, 0.25) is 5.91 Å². The van der Waals surface area contributed by atoms with E-state index in [0.29, 0.717) is 24.3 Å². The van der Waals surface area contributed by atoms with Gasteiger partial charge in [-0.3, -0.25) is 9.69 Å². The molecule has 1 aliphatic heterocycles. The van der Waals surface area contributed by atoms with E-state index in [1.807, 2.05) is 0 Å². The Balaban J connectivity index is 1.40. The van der Waals surface area contributed by atoms with Crippen LogP contribution in [0.2, 0.25) is 0 Å². The van der Waals surface area contributed by atoms with Gasteiger partial charge in [-0.15, -0.1) is 0 Å². The van der Waals surface area contributed by atoms with Crippen LogP contribution in [-0.4, -0.2) is 59.7 Å². The van der Waals surface area contributed by atoms with Crippen LogP contribution in [0, 0.1) is 0 Å². The minimum absolute atomic E-state index is 0.0286. The van der Waals surface area contributed by atoms with E-state index in [9.17, 15) is 4.79 Å². The van der Waals surface area contributed by atoms with Crippen molar-refractivity contribution >= 4 is 5.91 Å². The number of ether oxygens (including phenoxy) is 2. The van der Waals surface area contributed by atoms with Gasteiger partial charge < -0.3 is 14.8 Å². The third-order valence-corrected chi connectivity index (χ3v) is 4.68. The molecule has 1 unspecified atom stereocenters. The largest absolute Gasteiger partial charge is 0.494 e. The summed E-state index contributed by atoms with van der Waals surface area (Å²) < 4.78 is 10.8. The third-order valence-electron chi connectivity index (χ3n) is 4.68. The van der Waals surface area contributed by atoms with E-state index >= 15 is 0 Å². The standard InChI is InChI=1S/C17H26N4O3/c1-23-15-9-18-17(19-10-15)24-14-7-8-21(11-14)12-16(22)20-13-5-3-2-4-6-13/h9-10,13-14H,2-8,11-12H2,1H3,(H,20,22). The summed E-state index contributed by atoms with van der Waals surface area (Å²) >= 11 is 0. The molecule has 1 N–H and O–H groups in total. The molecule has 2 fully saturated rings. The fourth-order valence-electron chi connectivity index (χ4n) is 3.38. The summed E-state index contributed by atoms with van der Waals surface area (Å²) in [4.78, 5) is 22.5. The lowest BCUT2D eigenvalue weighted by Crippen LogP contribution is -2.42. The van der Waals surface area contributed by atoms with Gasteiger partial charge in [-0.25, -0.2) is 0 Å². The van der Waals surface area contributed by atoms with Crippen molar-refractivity contribution in [1.29, 1.82) is 0 Å². The number of amides is 1. The first-order chi connectivity index (χ1) is 11.7. The molecule has 24 heavy (non-hydrogen) atoms. The second-order valence-electron chi connectivity index (χ2n) is 6.57. The van der Waals surface area contributed by atoms with Crippen LogP contribution in [0.1, 0.15) is 38.5 Å². The van der Waals surface area contributed by atoms with Crippen LogP contribution in [0.3, 0.4) is 0 Å². The molecule has 2 heterocycles. The average Bonchev–Trinajstić information content (AvgIpc) is 3.03. The van der Waals surface area contributed by atoms with Gasteiger partial charge in [0.05, 0.1) is 26.0 Å². The summed E-state index contributed by atoms with van der Waals surface area (Å²) in [7, 11) is 1.58. The SMILES string of the molecule is COc1cnc(OC2CCN(CC(=O)NC3CCCCC3)C2)nc1. The number of rotatable bonds is 6. The quantitative estimate of drug-likeness (QED) is 0.847. The van der Waals surface area contributed by atoms with Crippen molar-refractivity contribution < 1.29 is 14.3 Å². The van der Waals surface area contributed by atoms with Gasteiger partial charge >= 0.3 is 6.01 Å². The number of nitrogens with zero attached hydrogens (tertiary/aromatic N) is 3. The third kappa shape index (κ3) is 4.80. The number of hydrogen-bond donors (Lipinski definition) is 1. The topological polar surface area (TPSA) is 76.6 Å². The molecule has 7 heteroatoms. The molecule has 0 spiro atoms. The second-order valence-corrected chi connectivity index (χ2v) is 6.57. The van der Waals surface area contributed by atoms with Crippen LogP contribution in [-0.2, 0) is 4.79 Å². The molecule has 0 radical (unpaired) electrons. The Morgan fingerprint density at radius 3 is 2.71 bits per heavy atom.